The molecular weight excluding hydrogens is 404 g/mol. The summed E-state index contributed by atoms with van der Waals surface area (Å²) >= 11 is 3.39. The smallest absolute Gasteiger partial charge is 0.222 e. The molecule has 4 rings (SSSR count). The third-order valence-corrected chi connectivity index (χ3v) is 6.65. The summed E-state index contributed by atoms with van der Waals surface area (Å²) < 4.78 is 7.45. The lowest BCUT2D eigenvalue weighted by Crippen LogP contribution is -2.40. The van der Waals surface area contributed by atoms with Gasteiger partial charge in [-0.15, -0.1) is 21.5 Å². The maximum atomic E-state index is 12.3. The third kappa shape index (κ3) is 5.26. The summed E-state index contributed by atoms with van der Waals surface area (Å²) in [6.45, 7) is 2.71. The van der Waals surface area contributed by atoms with Gasteiger partial charge in [0.2, 0.25) is 5.91 Å². The molecule has 1 aliphatic heterocycles. The normalized spacial score (nSPS) is 14.3. The Hall–Kier alpha value is -2.16. The van der Waals surface area contributed by atoms with Crippen LogP contribution in [0.1, 0.15) is 23.5 Å². The SMILES string of the molecule is O=C(CCCSc1nnc(Cc2cccs2)n1-c1ccccc1)N1CCOCC1. The average molecular weight is 429 g/mol. The largest absolute Gasteiger partial charge is 0.378 e. The predicted octanol–water partition coefficient (Wildman–Crippen LogP) is 3.65. The first-order valence-corrected chi connectivity index (χ1v) is 11.7. The van der Waals surface area contributed by atoms with Crippen molar-refractivity contribution in [3.05, 3.63) is 58.5 Å². The number of morpholine rings is 1. The number of nitrogens with zero attached hydrogens (tertiary/aromatic N) is 4. The monoisotopic (exact) mass is 428 g/mol. The van der Waals surface area contributed by atoms with E-state index in [0.29, 0.717) is 32.7 Å². The van der Waals surface area contributed by atoms with Gasteiger partial charge in [-0.3, -0.25) is 9.36 Å². The van der Waals surface area contributed by atoms with Crippen LogP contribution in [0, 0.1) is 0 Å². The van der Waals surface area contributed by atoms with Crippen molar-refractivity contribution in [1.82, 2.24) is 19.7 Å². The van der Waals surface area contributed by atoms with Crippen LogP contribution in [0.4, 0.5) is 0 Å². The Kier molecular flexibility index (Phi) is 6.97. The Morgan fingerprint density at radius 2 is 1.93 bits per heavy atom. The Labute approximate surface area is 178 Å². The Balaban J connectivity index is 1.40. The number of thioether (sulfide) groups is 1. The van der Waals surface area contributed by atoms with Gasteiger partial charge in [-0.1, -0.05) is 36.0 Å². The molecule has 1 fully saturated rings. The van der Waals surface area contributed by atoms with E-state index in [1.165, 1.54) is 4.88 Å². The topological polar surface area (TPSA) is 60.2 Å². The van der Waals surface area contributed by atoms with Crippen LogP contribution in [-0.2, 0) is 16.0 Å². The molecule has 0 atom stereocenters. The minimum Gasteiger partial charge on any atom is -0.378 e. The van der Waals surface area contributed by atoms with Gasteiger partial charge in [-0.25, -0.2) is 0 Å². The quantitative estimate of drug-likeness (QED) is 0.405. The van der Waals surface area contributed by atoms with Crippen molar-refractivity contribution in [2.24, 2.45) is 0 Å². The van der Waals surface area contributed by atoms with Crippen molar-refractivity contribution in [1.29, 1.82) is 0 Å². The van der Waals surface area contributed by atoms with Gasteiger partial charge < -0.3 is 9.64 Å². The number of rotatable bonds is 8. The first kappa shape index (κ1) is 20.1. The van der Waals surface area contributed by atoms with E-state index in [4.69, 9.17) is 4.74 Å². The molecule has 2 aromatic heterocycles. The van der Waals surface area contributed by atoms with Crippen molar-refractivity contribution in [3.8, 4) is 5.69 Å². The number of thiophene rings is 1. The second-order valence-corrected chi connectivity index (χ2v) is 8.87. The molecule has 0 N–H and O–H groups in total. The van der Waals surface area contributed by atoms with Crippen LogP contribution < -0.4 is 0 Å². The maximum absolute atomic E-state index is 12.3. The molecule has 0 saturated carbocycles. The Morgan fingerprint density at radius 3 is 2.69 bits per heavy atom. The van der Waals surface area contributed by atoms with Gasteiger partial charge in [0, 0.05) is 42.2 Å². The van der Waals surface area contributed by atoms with E-state index >= 15 is 0 Å². The number of carbonyl (C=O) groups is 1. The summed E-state index contributed by atoms with van der Waals surface area (Å²) in [6, 6.07) is 14.4. The fraction of sp³-hybridized carbons (Fsp3) is 0.381. The lowest BCUT2D eigenvalue weighted by molar-refractivity contribution is -0.135. The predicted molar refractivity (Wildman–Crippen MR) is 116 cm³/mol. The van der Waals surface area contributed by atoms with Crippen molar-refractivity contribution in [2.45, 2.75) is 24.4 Å². The molecule has 1 aromatic carbocycles. The molecule has 152 valence electrons. The number of hydrogen-bond donors (Lipinski definition) is 0. The van der Waals surface area contributed by atoms with Crippen LogP contribution in [0.3, 0.4) is 0 Å². The molecule has 6 nitrogen and oxygen atoms in total. The second kappa shape index (κ2) is 10.0. The molecule has 3 aromatic rings. The maximum Gasteiger partial charge on any atom is 0.222 e. The van der Waals surface area contributed by atoms with Crippen molar-refractivity contribution in [2.75, 3.05) is 32.1 Å². The van der Waals surface area contributed by atoms with E-state index in [9.17, 15) is 4.79 Å². The minimum atomic E-state index is 0.219. The number of benzene rings is 1. The molecule has 1 aliphatic rings. The number of aromatic nitrogens is 3. The number of ether oxygens (including phenoxy) is 1. The molecule has 29 heavy (non-hydrogen) atoms. The number of carbonyl (C=O) groups excluding carboxylic acids is 1. The molecule has 3 heterocycles. The molecule has 0 aliphatic carbocycles. The van der Waals surface area contributed by atoms with Gasteiger partial charge in [-0.05, 0) is 30.0 Å². The first-order valence-electron chi connectivity index (χ1n) is 9.81. The summed E-state index contributed by atoms with van der Waals surface area (Å²) in [7, 11) is 0. The van der Waals surface area contributed by atoms with Crippen LogP contribution in [0.5, 0.6) is 0 Å². The van der Waals surface area contributed by atoms with Gasteiger partial charge in [-0.2, -0.15) is 0 Å². The first-order chi connectivity index (χ1) is 14.3. The van der Waals surface area contributed by atoms with E-state index < -0.39 is 0 Å². The van der Waals surface area contributed by atoms with Crippen LogP contribution in [0.2, 0.25) is 0 Å². The zero-order valence-electron chi connectivity index (χ0n) is 16.2. The fourth-order valence-corrected chi connectivity index (χ4v) is 4.88. The zero-order chi connectivity index (χ0) is 19.9. The van der Waals surface area contributed by atoms with Crippen LogP contribution >= 0.6 is 23.1 Å². The van der Waals surface area contributed by atoms with E-state index in [2.05, 4.69) is 44.4 Å². The van der Waals surface area contributed by atoms with E-state index in [0.717, 1.165) is 35.3 Å². The van der Waals surface area contributed by atoms with Gasteiger partial charge in [0.1, 0.15) is 5.82 Å². The highest BCUT2D eigenvalue weighted by Gasteiger charge is 2.18. The summed E-state index contributed by atoms with van der Waals surface area (Å²) in [5, 5.41) is 11.9. The molecule has 0 unspecified atom stereocenters. The zero-order valence-corrected chi connectivity index (χ0v) is 17.8. The highest BCUT2D eigenvalue weighted by Crippen LogP contribution is 2.25. The average Bonchev–Trinajstić information content (AvgIpc) is 3.42. The lowest BCUT2D eigenvalue weighted by Gasteiger charge is -2.26. The summed E-state index contributed by atoms with van der Waals surface area (Å²) in [5.74, 6) is 1.99. The number of hydrogen-bond acceptors (Lipinski definition) is 6. The lowest BCUT2D eigenvalue weighted by atomic mass is 10.3. The highest BCUT2D eigenvalue weighted by atomic mass is 32.2. The standard InChI is InChI=1S/C21H24N4O2S2/c26-20(24-10-12-27-13-11-24)9-5-15-29-21-23-22-19(16-18-8-4-14-28-18)25(21)17-6-2-1-3-7-17/h1-4,6-8,14H,5,9-13,15-16H2. The molecule has 1 amide bonds. The second-order valence-electron chi connectivity index (χ2n) is 6.77. The molecule has 0 spiro atoms. The summed E-state index contributed by atoms with van der Waals surface area (Å²) in [4.78, 5) is 15.5. The molecule has 1 saturated heterocycles. The van der Waals surface area contributed by atoms with E-state index in [-0.39, 0.29) is 5.91 Å². The Morgan fingerprint density at radius 1 is 1.10 bits per heavy atom. The summed E-state index contributed by atoms with van der Waals surface area (Å²) in [6.07, 6.45) is 2.15. The van der Waals surface area contributed by atoms with Crippen LogP contribution in [0.15, 0.2) is 53.0 Å². The Bertz CT molecular complexity index is 906. The molecule has 0 bridgehead atoms. The third-order valence-electron chi connectivity index (χ3n) is 4.76. The van der Waals surface area contributed by atoms with Gasteiger partial charge in [0.05, 0.1) is 13.2 Å². The van der Waals surface area contributed by atoms with Crippen molar-refractivity contribution >= 4 is 29.0 Å². The van der Waals surface area contributed by atoms with Gasteiger partial charge in [0.15, 0.2) is 5.16 Å². The van der Waals surface area contributed by atoms with Crippen molar-refractivity contribution in [3.63, 3.8) is 0 Å². The number of para-hydroxylation sites is 1. The van der Waals surface area contributed by atoms with Gasteiger partial charge in [0.25, 0.3) is 0 Å². The molecule has 8 heteroatoms. The van der Waals surface area contributed by atoms with E-state index in [1.807, 2.05) is 23.1 Å². The molecular formula is C21H24N4O2S2. The highest BCUT2D eigenvalue weighted by molar-refractivity contribution is 7.99. The van der Waals surface area contributed by atoms with Crippen LogP contribution in [-0.4, -0.2) is 57.6 Å². The molecule has 0 radical (unpaired) electrons. The summed E-state index contributed by atoms with van der Waals surface area (Å²) in [5.41, 5.74) is 1.07. The van der Waals surface area contributed by atoms with Crippen LogP contribution in [0.25, 0.3) is 5.69 Å². The fourth-order valence-electron chi connectivity index (χ4n) is 3.27. The van der Waals surface area contributed by atoms with E-state index in [1.54, 1.807) is 23.1 Å². The van der Waals surface area contributed by atoms with Gasteiger partial charge >= 0.3 is 0 Å². The minimum absolute atomic E-state index is 0.219. The van der Waals surface area contributed by atoms with Crippen molar-refractivity contribution < 1.29 is 9.53 Å². The number of amides is 1.